The average molecular weight is 457 g/mol. The van der Waals surface area contributed by atoms with Gasteiger partial charge in [-0.2, -0.15) is 0 Å². The Bertz CT molecular complexity index is 1130. The zero-order valence-corrected chi connectivity index (χ0v) is 19.6. The molecule has 178 valence electrons. The summed E-state index contributed by atoms with van der Waals surface area (Å²) in [5.74, 6) is 0.362. The first-order chi connectivity index (χ1) is 15.6. The second-order valence-corrected chi connectivity index (χ2v) is 8.72. The smallest absolute Gasteiger partial charge is 0.347 e. The van der Waals surface area contributed by atoms with Crippen LogP contribution in [-0.2, 0) is 4.74 Å². The lowest BCUT2D eigenvalue weighted by atomic mass is 9.79. The van der Waals surface area contributed by atoms with E-state index in [1.807, 2.05) is 13.8 Å². The summed E-state index contributed by atoms with van der Waals surface area (Å²) >= 11 is 0. The van der Waals surface area contributed by atoms with Crippen LogP contribution in [0.3, 0.4) is 0 Å². The molecule has 0 bridgehead atoms. The lowest BCUT2D eigenvalue weighted by molar-refractivity contribution is -0.289. The van der Waals surface area contributed by atoms with Crippen molar-refractivity contribution in [3.05, 3.63) is 65.6 Å². The lowest BCUT2D eigenvalue weighted by Gasteiger charge is -2.47. The standard InChI is InChI=1S/C26H32O7/c1-8-12-26(7)16(6)20(27)21(28)25(33-26)31-18-11-10-17-22(15(18)5)32-24(29)19(14(3)4)23(17)30-13-9-2/h8-11,16,20-21,25,27-28H,1-3,12-13H2,4-7H3/t16-,20-,21-,25?,26+/m1/s1. The van der Waals surface area contributed by atoms with Gasteiger partial charge in [-0.25, -0.2) is 4.79 Å². The average Bonchev–Trinajstić information content (AvgIpc) is 2.76. The third kappa shape index (κ3) is 4.49. The molecule has 2 N–H and O–H groups in total. The van der Waals surface area contributed by atoms with Gasteiger partial charge in [0.05, 0.1) is 17.1 Å². The van der Waals surface area contributed by atoms with Crippen molar-refractivity contribution < 1.29 is 28.8 Å². The van der Waals surface area contributed by atoms with Crippen molar-refractivity contribution in [2.24, 2.45) is 5.92 Å². The van der Waals surface area contributed by atoms with Crippen molar-refractivity contribution >= 4 is 16.5 Å². The first-order valence-electron chi connectivity index (χ1n) is 10.9. The summed E-state index contributed by atoms with van der Waals surface area (Å²) in [5.41, 5.74) is 0.243. The molecule has 0 amide bonds. The monoisotopic (exact) mass is 456 g/mol. The Hall–Kier alpha value is -2.87. The van der Waals surface area contributed by atoms with Gasteiger partial charge in [0.1, 0.15) is 35.4 Å². The maximum Gasteiger partial charge on any atom is 0.347 e. The molecular formula is C26H32O7. The van der Waals surface area contributed by atoms with E-state index >= 15 is 0 Å². The van der Waals surface area contributed by atoms with Crippen molar-refractivity contribution in [1.29, 1.82) is 0 Å². The van der Waals surface area contributed by atoms with Crippen LogP contribution in [0.4, 0.5) is 0 Å². The van der Waals surface area contributed by atoms with Crippen LogP contribution in [0.15, 0.2) is 53.2 Å². The van der Waals surface area contributed by atoms with Crippen LogP contribution in [0.2, 0.25) is 0 Å². The minimum Gasteiger partial charge on any atom is -0.488 e. The van der Waals surface area contributed by atoms with Gasteiger partial charge in [-0.1, -0.05) is 32.2 Å². The van der Waals surface area contributed by atoms with Crippen LogP contribution in [0.1, 0.15) is 38.3 Å². The van der Waals surface area contributed by atoms with E-state index in [9.17, 15) is 15.0 Å². The molecule has 1 unspecified atom stereocenters. The summed E-state index contributed by atoms with van der Waals surface area (Å²) < 4.78 is 23.5. The van der Waals surface area contributed by atoms with E-state index in [1.165, 1.54) is 0 Å². The Labute approximate surface area is 193 Å². The topological polar surface area (TPSA) is 98.4 Å². The zero-order chi connectivity index (χ0) is 24.5. The number of aliphatic hydroxyl groups excluding tert-OH is 2. The minimum absolute atomic E-state index is 0.205. The van der Waals surface area contributed by atoms with Crippen LogP contribution in [0, 0.1) is 12.8 Å². The van der Waals surface area contributed by atoms with Gasteiger partial charge in [0.15, 0.2) is 0 Å². The van der Waals surface area contributed by atoms with Crippen molar-refractivity contribution in [1.82, 2.24) is 0 Å². The lowest BCUT2D eigenvalue weighted by Crippen LogP contribution is -2.60. The van der Waals surface area contributed by atoms with Gasteiger partial charge in [-0.15, -0.1) is 6.58 Å². The Morgan fingerprint density at radius 3 is 2.55 bits per heavy atom. The Morgan fingerprint density at radius 1 is 1.24 bits per heavy atom. The first-order valence-corrected chi connectivity index (χ1v) is 10.9. The molecule has 2 aromatic rings. The van der Waals surface area contributed by atoms with Gasteiger partial charge in [0.2, 0.25) is 6.29 Å². The quantitative estimate of drug-likeness (QED) is 0.455. The molecule has 7 nitrogen and oxygen atoms in total. The number of allylic oxidation sites excluding steroid dienone is 1. The van der Waals surface area contributed by atoms with Crippen molar-refractivity contribution in [2.45, 2.75) is 58.2 Å². The van der Waals surface area contributed by atoms with Gasteiger partial charge < -0.3 is 28.8 Å². The largest absolute Gasteiger partial charge is 0.488 e. The van der Waals surface area contributed by atoms with Crippen molar-refractivity contribution in [3.8, 4) is 11.5 Å². The molecule has 5 atom stereocenters. The highest BCUT2D eigenvalue weighted by Crippen LogP contribution is 2.40. The molecule has 3 rings (SSSR count). The molecule has 0 spiro atoms. The molecule has 0 radical (unpaired) electrons. The normalized spacial score (nSPS) is 27.2. The Morgan fingerprint density at radius 2 is 1.94 bits per heavy atom. The first kappa shape index (κ1) is 24.8. The number of hydrogen-bond donors (Lipinski definition) is 2. The molecule has 33 heavy (non-hydrogen) atoms. The molecule has 1 aliphatic heterocycles. The summed E-state index contributed by atoms with van der Waals surface area (Å²) in [6.07, 6.45) is 0.313. The van der Waals surface area contributed by atoms with E-state index in [0.29, 0.717) is 34.4 Å². The highest BCUT2D eigenvalue weighted by molar-refractivity contribution is 5.91. The predicted molar refractivity (Wildman–Crippen MR) is 128 cm³/mol. The van der Waals surface area contributed by atoms with Gasteiger partial charge >= 0.3 is 5.63 Å². The third-order valence-corrected chi connectivity index (χ3v) is 6.28. The molecule has 1 aromatic heterocycles. The second kappa shape index (κ2) is 9.55. The SMILES string of the molecule is C=CCOc1c(C(=C)C)c(=O)oc2c(C)c(OC3O[C@@](C)(CC=C)[C@H](C)[C@@H](O)[C@H]3O)ccc12. The minimum atomic E-state index is -1.27. The Kier molecular flexibility index (Phi) is 7.17. The number of rotatable bonds is 8. The fourth-order valence-electron chi connectivity index (χ4n) is 4.14. The van der Waals surface area contributed by atoms with E-state index < -0.39 is 29.7 Å². The van der Waals surface area contributed by atoms with Crippen LogP contribution >= 0.6 is 0 Å². The summed E-state index contributed by atoms with van der Waals surface area (Å²) in [6.45, 7) is 18.6. The maximum atomic E-state index is 12.7. The van der Waals surface area contributed by atoms with E-state index in [2.05, 4.69) is 19.7 Å². The number of fused-ring (bicyclic) bond motifs is 1. The Balaban J connectivity index is 2.06. The molecular weight excluding hydrogens is 424 g/mol. The van der Waals surface area contributed by atoms with Crippen LogP contribution in [0.25, 0.3) is 16.5 Å². The van der Waals surface area contributed by atoms with Crippen LogP contribution < -0.4 is 15.1 Å². The third-order valence-electron chi connectivity index (χ3n) is 6.28. The molecule has 1 saturated heterocycles. The zero-order valence-electron chi connectivity index (χ0n) is 19.6. The van der Waals surface area contributed by atoms with Gasteiger partial charge in [-0.05, 0) is 44.9 Å². The molecule has 1 aromatic carbocycles. The maximum absolute atomic E-state index is 12.7. The number of benzene rings is 1. The predicted octanol–water partition coefficient (Wildman–Crippen LogP) is 4.13. The van der Waals surface area contributed by atoms with E-state index in [0.717, 1.165) is 0 Å². The van der Waals surface area contributed by atoms with Crippen molar-refractivity contribution in [3.63, 3.8) is 0 Å². The fraction of sp³-hybridized carbons (Fsp3) is 0.423. The van der Waals surface area contributed by atoms with Gasteiger partial charge in [-0.3, -0.25) is 0 Å². The van der Waals surface area contributed by atoms with Gasteiger partial charge in [0, 0.05) is 11.5 Å². The van der Waals surface area contributed by atoms with E-state index in [-0.39, 0.29) is 23.7 Å². The summed E-state index contributed by atoms with van der Waals surface area (Å²) in [6, 6.07) is 3.40. The van der Waals surface area contributed by atoms with Crippen LogP contribution in [-0.4, -0.2) is 40.9 Å². The number of aliphatic hydroxyl groups is 2. The van der Waals surface area contributed by atoms with Gasteiger partial charge in [0.25, 0.3) is 0 Å². The van der Waals surface area contributed by atoms with E-state index in [4.69, 9.17) is 18.6 Å². The van der Waals surface area contributed by atoms with Crippen LogP contribution in [0.5, 0.6) is 11.5 Å². The molecule has 0 saturated carbocycles. The molecule has 1 aliphatic rings. The highest BCUT2D eigenvalue weighted by Gasteiger charge is 2.49. The number of hydrogen-bond acceptors (Lipinski definition) is 7. The highest BCUT2D eigenvalue weighted by atomic mass is 16.7. The summed E-state index contributed by atoms with van der Waals surface area (Å²) in [7, 11) is 0. The molecule has 0 aliphatic carbocycles. The van der Waals surface area contributed by atoms with Crippen molar-refractivity contribution in [2.75, 3.05) is 6.61 Å². The fourth-order valence-corrected chi connectivity index (χ4v) is 4.14. The second-order valence-electron chi connectivity index (χ2n) is 8.72. The van der Waals surface area contributed by atoms with E-state index in [1.54, 1.807) is 38.1 Å². The molecule has 2 heterocycles. The summed E-state index contributed by atoms with van der Waals surface area (Å²) in [5, 5.41) is 21.8. The summed E-state index contributed by atoms with van der Waals surface area (Å²) in [4.78, 5) is 12.7. The number of ether oxygens (including phenoxy) is 3. The molecule has 7 heteroatoms. The number of aryl methyl sites for hydroxylation is 1. The molecule has 1 fully saturated rings.